The Morgan fingerprint density at radius 3 is 1.41 bits per heavy atom. The average molecular weight is 290 g/mol. The number of rotatable bonds is 2. The van der Waals surface area contributed by atoms with Crippen LogP contribution in [0.1, 0.15) is 11.1 Å². The van der Waals surface area contributed by atoms with E-state index >= 15 is 0 Å². The Bertz CT molecular complexity index is 696. The van der Waals surface area contributed by atoms with Crippen molar-refractivity contribution in [3.8, 4) is 35.2 Å². The van der Waals surface area contributed by atoms with Gasteiger partial charge < -0.3 is 9.47 Å². The molecule has 2 aromatic carbocycles. The molecule has 0 spiro atoms. The molecule has 3 heteroatoms. The second kappa shape index (κ2) is 7.57. The normalized spacial score (nSPS) is 8.82. The van der Waals surface area contributed by atoms with E-state index in [1.54, 1.807) is 62.8 Å². The number of carbonyl (C=O) groups is 1. The highest BCUT2D eigenvalue weighted by Crippen LogP contribution is 2.10. The summed E-state index contributed by atoms with van der Waals surface area (Å²) in [5.41, 5.74) is 1.47. The van der Waals surface area contributed by atoms with E-state index in [4.69, 9.17) is 9.47 Å². The van der Waals surface area contributed by atoms with Crippen molar-refractivity contribution in [1.82, 2.24) is 0 Å². The van der Waals surface area contributed by atoms with Crippen molar-refractivity contribution in [2.24, 2.45) is 0 Å². The minimum absolute atomic E-state index is 0.424. The van der Waals surface area contributed by atoms with Crippen LogP contribution in [0.15, 0.2) is 48.5 Å². The number of ether oxygens (including phenoxy) is 2. The average Bonchev–Trinajstić information content (AvgIpc) is 2.59. The van der Waals surface area contributed by atoms with Gasteiger partial charge in [-0.05, 0) is 60.4 Å². The van der Waals surface area contributed by atoms with Gasteiger partial charge in [-0.15, -0.1) is 0 Å². The van der Waals surface area contributed by atoms with Crippen molar-refractivity contribution >= 4 is 5.78 Å². The Morgan fingerprint density at radius 1 is 0.727 bits per heavy atom. The Hall–Kier alpha value is -3.17. The summed E-state index contributed by atoms with van der Waals surface area (Å²) in [5.74, 6) is 11.6. The Kier molecular flexibility index (Phi) is 5.24. The second-order valence-electron chi connectivity index (χ2n) is 4.29. The molecule has 0 saturated heterocycles. The van der Waals surface area contributed by atoms with Gasteiger partial charge in [-0.3, -0.25) is 4.79 Å². The second-order valence-corrected chi connectivity index (χ2v) is 4.29. The van der Waals surface area contributed by atoms with Crippen LogP contribution in [0.5, 0.6) is 11.5 Å². The first-order valence-electron chi connectivity index (χ1n) is 6.57. The summed E-state index contributed by atoms with van der Waals surface area (Å²) in [7, 11) is 3.19. The third-order valence-corrected chi connectivity index (χ3v) is 2.82. The zero-order chi connectivity index (χ0) is 15.8. The molecule has 0 aliphatic heterocycles. The fraction of sp³-hybridized carbons (Fsp3) is 0.105. The van der Waals surface area contributed by atoms with Gasteiger partial charge in [0.25, 0.3) is 5.78 Å². The predicted molar refractivity (Wildman–Crippen MR) is 84.8 cm³/mol. The predicted octanol–water partition coefficient (Wildman–Crippen LogP) is 2.68. The van der Waals surface area contributed by atoms with E-state index in [0.717, 1.165) is 22.6 Å². The van der Waals surface area contributed by atoms with Gasteiger partial charge in [-0.2, -0.15) is 0 Å². The molecule has 0 aliphatic carbocycles. The van der Waals surface area contributed by atoms with Gasteiger partial charge in [0.1, 0.15) is 11.5 Å². The van der Waals surface area contributed by atoms with Crippen LogP contribution in [-0.4, -0.2) is 20.0 Å². The molecule has 0 aliphatic rings. The van der Waals surface area contributed by atoms with E-state index in [0.29, 0.717) is 0 Å². The number of Topliss-reactive ketones (excluding diaryl/α,β-unsaturated/α-hetero) is 1. The maximum Gasteiger partial charge on any atom is 0.279 e. The summed E-state index contributed by atoms with van der Waals surface area (Å²) in [6, 6.07) is 14.3. The van der Waals surface area contributed by atoms with Gasteiger partial charge in [0.05, 0.1) is 14.2 Å². The van der Waals surface area contributed by atoms with E-state index in [1.807, 2.05) is 0 Å². The summed E-state index contributed by atoms with van der Waals surface area (Å²) in [6.07, 6.45) is 0. The fourth-order valence-corrected chi connectivity index (χ4v) is 1.64. The fourth-order valence-electron chi connectivity index (χ4n) is 1.64. The number of carbonyl (C=O) groups excluding carboxylic acids is 1. The molecular formula is C19H14O3. The Balaban J connectivity index is 2.03. The maximum atomic E-state index is 11.6. The molecule has 0 bridgehead atoms. The van der Waals surface area contributed by atoms with Crippen LogP contribution >= 0.6 is 0 Å². The number of hydrogen-bond acceptors (Lipinski definition) is 3. The van der Waals surface area contributed by atoms with E-state index < -0.39 is 5.78 Å². The van der Waals surface area contributed by atoms with E-state index in [2.05, 4.69) is 23.7 Å². The molecule has 0 saturated carbocycles. The summed E-state index contributed by atoms with van der Waals surface area (Å²) in [4.78, 5) is 11.6. The lowest BCUT2D eigenvalue weighted by atomic mass is 10.2. The molecule has 0 N–H and O–H groups in total. The lowest BCUT2D eigenvalue weighted by Gasteiger charge is -1.97. The van der Waals surface area contributed by atoms with Crippen molar-refractivity contribution < 1.29 is 14.3 Å². The first-order chi connectivity index (χ1) is 10.7. The molecule has 3 nitrogen and oxygen atoms in total. The van der Waals surface area contributed by atoms with E-state index in [1.165, 1.54) is 0 Å². The number of hydrogen-bond donors (Lipinski definition) is 0. The van der Waals surface area contributed by atoms with Crippen molar-refractivity contribution in [2.45, 2.75) is 0 Å². The lowest BCUT2D eigenvalue weighted by molar-refractivity contribution is -0.108. The third kappa shape index (κ3) is 4.44. The molecule has 0 amide bonds. The van der Waals surface area contributed by atoms with Gasteiger partial charge in [-0.25, -0.2) is 0 Å². The molecule has 0 heterocycles. The smallest absolute Gasteiger partial charge is 0.279 e. The minimum atomic E-state index is -0.424. The summed E-state index contributed by atoms with van der Waals surface area (Å²) in [6.45, 7) is 0. The molecule has 2 aromatic rings. The van der Waals surface area contributed by atoms with Crippen LogP contribution in [-0.2, 0) is 4.79 Å². The molecule has 22 heavy (non-hydrogen) atoms. The highest BCUT2D eigenvalue weighted by atomic mass is 16.5. The summed E-state index contributed by atoms with van der Waals surface area (Å²) >= 11 is 0. The molecular weight excluding hydrogens is 276 g/mol. The van der Waals surface area contributed by atoms with E-state index in [9.17, 15) is 4.79 Å². The number of methoxy groups -OCH3 is 2. The molecule has 0 unspecified atom stereocenters. The third-order valence-electron chi connectivity index (χ3n) is 2.82. The summed E-state index contributed by atoms with van der Waals surface area (Å²) < 4.78 is 10.1. The Morgan fingerprint density at radius 2 is 1.09 bits per heavy atom. The molecule has 0 fully saturated rings. The molecule has 2 rings (SSSR count). The lowest BCUT2D eigenvalue weighted by Crippen LogP contribution is -1.88. The number of ketones is 1. The van der Waals surface area contributed by atoms with Crippen LogP contribution in [0.4, 0.5) is 0 Å². The van der Waals surface area contributed by atoms with E-state index in [-0.39, 0.29) is 0 Å². The van der Waals surface area contributed by atoms with Crippen molar-refractivity contribution in [1.29, 1.82) is 0 Å². The summed E-state index contributed by atoms with van der Waals surface area (Å²) in [5, 5.41) is 0. The minimum Gasteiger partial charge on any atom is -0.497 e. The van der Waals surface area contributed by atoms with Crippen LogP contribution in [0.2, 0.25) is 0 Å². The molecule has 0 radical (unpaired) electrons. The van der Waals surface area contributed by atoms with Crippen molar-refractivity contribution in [3.05, 3.63) is 59.7 Å². The van der Waals surface area contributed by atoms with Gasteiger partial charge in [0.15, 0.2) is 0 Å². The topological polar surface area (TPSA) is 35.5 Å². The molecule has 108 valence electrons. The van der Waals surface area contributed by atoms with Gasteiger partial charge >= 0.3 is 0 Å². The number of benzene rings is 2. The largest absolute Gasteiger partial charge is 0.497 e. The first-order valence-corrected chi connectivity index (χ1v) is 6.57. The quantitative estimate of drug-likeness (QED) is 0.798. The molecule has 0 aromatic heterocycles. The standard InChI is InChI=1S/C19H14O3/c1-21-18-11-5-15(6-12-18)3-9-17(20)10-4-16-7-13-19(22-2)14-8-16/h5-8,11-14H,1-2H3. The van der Waals surface area contributed by atoms with Gasteiger partial charge in [0, 0.05) is 11.1 Å². The van der Waals surface area contributed by atoms with Crippen LogP contribution < -0.4 is 9.47 Å². The van der Waals surface area contributed by atoms with Crippen LogP contribution in [0.25, 0.3) is 0 Å². The highest BCUT2D eigenvalue weighted by Gasteiger charge is 1.93. The van der Waals surface area contributed by atoms with Gasteiger partial charge in [0.2, 0.25) is 0 Å². The Labute approximate surface area is 129 Å². The zero-order valence-electron chi connectivity index (χ0n) is 12.3. The van der Waals surface area contributed by atoms with Crippen LogP contribution in [0, 0.1) is 23.7 Å². The monoisotopic (exact) mass is 290 g/mol. The molecule has 0 atom stereocenters. The SMILES string of the molecule is COc1ccc(C#CC(=O)C#Cc2ccc(OC)cc2)cc1. The van der Waals surface area contributed by atoms with Crippen LogP contribution in [0.3, 0.4) is 0 Å². The maximum absolute atomic E-state index is 11.6. The van der Waals surface area contributed by atoms with Crippen molar-refractivity contribution in [2.75, 3.05) is 14.2 Å². The first kappa shape index (κ1) is 15.2. The van der Waals surface area contributed by atoms with Crippen molar-refractivity contribution in [3.63, 3.8) is 0 Å². The highest BCUT2D eigenvalue weighted by molar-refractivity contribution is 6.09. The zero-order valence-corrected chi connectivity index (χ0v) is 12.3. The van der Waals surface area contributed by atoms with Gasteiger partial charge in [-0.1, -0.05) is 11.8 Å².